The van der Waals surface area contributed by atoms with Crippen molar-refractivity contribution < 1.29 is 9.53 Å². The van der Waals surface area contributed by atoms with Crippen LogP contribution >= 0.6 is 11.3 Å². The molecule has 3 aliphatic rings. The lowest BCUT2D eigenvalue weighted by Gasteiger charge is -2.37. The van der Waals surface area contributed by atoms with E-state index in [2.05, 4.69) is 34.0 Å². The third-order valence-electron chi connectivity index (χ3n) is 4.79. The van der Waals surface area contributed by atoms with E-state index in [0.717, 1.165) is 32.3 Å². The predicted molar refractivity (Wildman–Crippen MR) is 77.4 cm³/mol. The molecule has 3 fully saturated rings. The Morgan fingerprint density at radius 2 is 2.35 bits per heavy atom. The molecule has 1 aromatic rings. The van der Waals surface area contributed by atoms with Crippen molar-refractivity contribution in [1.29, 1.82) is 0 Å². The summed E-state index contributed by atoms with van der Waals surface area (Å²) in [6.45, 7) is 2.87. The third-order valence-corrected chi connectivity index (χ3v) is 5.50. The molecule has 1 aliphatic carbocycles. The van der Waals surface area contributed by atoms with Crippen LogP contribution in [0.5, 0.6) is 0 Å². The van der Waals surface area contributed by atoms with E-state index in [9.17, 15) is 4.79 Å². The van der Waals surface area contributed by atoms with E-state index in [1.807, 2.05) is 0 Å². The van der Waals surface area contributed by atoms with Crippen LogP contribution in [-0.2, 0) is 9.53 Å². The number of ether oxygens (including phenoxy) is 1. The number of rotatable bonds is 2. The van der Waals surface area contributed by atoms with Crippen LogP contribution in [0.1, 0.15) is 44.3 Å². The molecule has 20 heavy (non-hydrogen) atoms. The SMILES string of the molecule is CC1CC(N2C(=O)C3(CC3)NC2c2ccsc2)CCO1. The summed E-state index contributed by atoms with van der Waals surface area (Å²) in [5.74, 6) is 0.313. The van der Waals surface area contributed by atoms with E-state index in [1.54, 1.807) is 11.3 Å². The van der Waals surface area contributed by atoms with Crippen molar-refractivity contribution in [3.05, 3.63) is 22.4 Å². The smallest absolute Gasteiger partial charge is 0.244 e. The number of nitrogens with one attached hydrogen (secondary N) is 1. The molecule has 3 heterocycles. The second-order valence-corrected chi connectivity index (χ2v) is 7.04. The highest BCUT2D eigenvalue weighted by atomic mass is 32.1. The van der Waals surface area contributed by atoms with E-state index in [1.165, 1.54) is 5.56 Å². The molecule has 4 rings (SSSR count). The number of carbonyl (C=O) groups is 1. The van der Waals surface area contributed by atoms with E-state index in [4.69, 9.17) is 4.74 Å². The normalized spacial score (nSPS) is 35.8. The van der Waals surface area contributed by atoms with Crippen molar-refractivity contribution in [3.63, 3.8) is 0 Å². The van der Waals surface area contributed by atoms with Crippen LogP contribution in [-0.4, -0.2) is 35.1 Å². The lowest BCUT2D eigenvalue weighted by atomic mass is 10.0. The van der Waals surface area contributed by atoms with Gasteiger partial charge < -0.3 is 9.64 Å². The summed E-state index contributed by atoms with van der Waals surface area (Å²) in [6, 6.07) is 2.44. The molecule has 3 unspecified atom stereocenters. The predicted octanol–water partition coefficient (Wildman–Crippen LogP) is 2.28. The molecule has 3 atom stereocenters. The molecule has 1 amide bonds. The lowest BCUT2D eigenvalue weighted by molar-refractivity contribution is -0.136. The van der Waals surface area contributed by atoms with E-state index in [-0.39, 0.29) is 17.8 Å². The van der Waals surface area contributed by atoms with Crippen LogP contribution in [0.15, 0.2) is 16.8 Å². The molecule has 5 heteroatoms. The molecular formula is C15H20N2O2S. The van der Waals surface area contributed by atoms with Crippen LogP contribution in [0.2, 0.25) is 0 Å². The van der Waals surface area contributed by atoms with Crippen LogP contribution in [0, 0.1) is 0 Å². The maximum Gasteiger partial charge on any atom is 0.244 e. The Hall–Kier alpha value is -0.910. The van der Waals surface area contributed by atoms with Gasteiger partial charge in [0.2, 0.25) is 5.91 Å². The fourth-order valence-corrected chi connectivity index (χ4v) is 4.20. The van der Waals surface area contributed by atoms with Gasteiger partial charge in [0.15, 0.2) is 0 Å². The van der Waals surface area contributed by atoms with Gasteiger partial charge in [0, 0.05) is 12.6 Å². The minimum Gasteiger partial charge on any atom is -0.378 e. The molecule has 0 bridgehead atoms. The number of thiophene rings is 1. The van der Waals surface area contributed by atoms with Gasteiger partial charge in [0.1, 0.15) is 11.7 Å². The zero-order valence-electron chi connectivity index (χ0n) is 11.7. The van der Waals surface area contributed by atoms with E-state index in [0.29, 0.717) is 11.9 Å². The van der Waals surface area contributed by atoms with Gasteiger partial charge in [-0.2, -0.15) is 11.3 Å². The van der Waals surface area contributed by atoms with Crippen molar-refractivity contribution in [1.82, 2.24) is 10.2 Å². The Balaban J connectivity index is 1.65. The van der Waals surface area contributed by atoms with E-state index < -0.39 is 0 Å². The van der Waals surface area contributed by atoms with Gasteiger partial charge >= 0.3 is 0 Å². The molecular weight excluding hydrogens is 272 g/mol. The Kier molecular flexibility index (Phi) is 2.91. The Labute approximate surface area is 123 Å². The second kappa shape index (κ2) is 4.55. The van der Waals surface area contributed by atoms with Crippen molar-refractivity contribution >= 4 is 17.2 Å². The van der Waals surface area contributed by atoms with Gasteiger partial charge in [-0.3, -0.25) is 10.1 Å². The van der Waals surface area contributed by atoms with Crippen LogP contribution in [0.4, 0.5) is 0 Å². The Bertz CT molecular complexity index is 512. The van der Waals surface area contributed by atoms with Gasteiger partial charge in [-0.25, -0.2) is 0 Å². The van der Waals surface area contributed by atoms with Crippen molar-refractivity contribution in [2.45, 2.75) is 56.5 Å². The molecule has 1 spiro atoms. The quantitative estimate of drug-likeness (QED) is 0.909. The first-order valence-electron chi connectivity index (χ1n) is 7.44. The van der Waals surface area contributed by atoms with Crippen molar-refractivity contribution in [3.8, 4) is 0 Å². The minimum absolute atomic E-state index is 0.0616. The monoisotopic (exact) mass is 292 g/mol. The highest BCUT2D eigenvalue weighted by molar-refractivity contribution is 7.07. The summed E-state index contributed by atoms with van der Waals surface area (Å²) >= 11 is 1.69. The average Bonchev–Trinajstić information content (AvgIpc) is 2.91. The molecule has 1 N–H and O–H groups in total. The van der Waals surface area contributed by atoms with E-state index >= 15 is 0 Å². The van der Waals surface area contributed by atoms with Crippen molar-refractivity contribution in [2.75, 3.05) is 6.61 Å². The number of hydrogen-bond donors (Lipinski definition) is 1. The number of amides is 1. The fraction of sp³-hybridized carbons (Fsp3) is 0.667. The van der Waals surface area contributed by atoms with Crippen LogP contribution in [0.3, 0.4) is 0 Å². The Morgan fingerprint density at radius 3 is 3.00 bits per heavy atom. The second-order valence-electron chi connectivity index (χ2n) is 6.26. The topological polar surface area (TPSA) is 41.6 Å². The largest absolute Gasteiger partial charge is 0.378 e. The molecule has 1 aromatic heterocycles. The zero-order valence-corrected chi connectivity index (χ0v) is 12.5. The number of carbonyl (C=O) groups excluding carboxylic acids is 1. The zero-order chi connectivity index (χ0) is 13.7. The minimum atomic E-state index is -0.242. The van der Waals surface area contributed by atoms with Gasteiger partial charge in [0.25, 0.3) is 0 Å². The maximum absolute atomic E-state index is 12.8. The number of nitrogens with zero attached hydrogens (tertiary/aromatic N) is 1. The molecule has 4 nitrogen and oxygen atoms in total. The van der Waals surface area contributed by atoms with Gasteiger partial charge in [-0.05, 0) is 55.0 Å². The van der Waals surface area contributed by atoms with Crippen molar-refractivity contribution in [2.24, 2.45) is 0 Å². The summed E-state index contributed by atoms with van der Waals surface area (Å²) in [5, 5.41) is 7.84. The molecule has 0 radical (unpaired) electrons. The lowest BCUT2D eigenvalue weighted by Crippen LogP contribution is -2.45. The summed E-state index contributed by atoms with van der Waals surface area (Å²) in [5.41, 5.74) is 0.986. The van der Waals surface area contributed by atoms with Gasteiger partial charge in [-0.15, -0.1) is 0 Å². The van der Waals surface area contributed by atoms with Gasteiger partial charge in [-0.1, -0.05) is 0 Å². The summed E-state index contributed by atoms with van der Waals surface area (Å²) in [6.07, 6.45) is 4.19. The first-order chi connectivity index (χ1) is 9.70. The fourth-order valence-electron chi connectivity index (χ4n) is 3.52. The molecule has 2 aliphatic heterocycles. The molecule has 0 aromatic carbocycles. The van der Waals surface area contributed by atoms with Crippen LogP contribution < -0.4 is 5.32 Å². The first-order valence-corrected chi connectivity index (χ1v) is 8.38. The highest BCUT2D eigenvalue weighted by Crippen LogP contribution is 2.47. The summed E-state index contributed by atoms with van der Waals surface area (Å²) < 4.78 is 5.64. The van der Waals surface area contributed by atoms with Gasteiger partial charge in [0.05, 0.1) is 6.10 Å². The molecule has 1 saturated carbocycles. The average molecular weight is 292 g/mol. The standard InChI is InChI=1S/C15H20N2O2S/c1-10-8-12(2-6-19-10)17-13(11-3-7-20-9-11)16-15(4-5-15)14(17)18/h3,7,9-10,12-13,16H,2,4-6,8H2,1H3. The third kappa shape index (κ3) is 1.91. The first kappa shape index (κ1) is 12.8. The number of hydrogen-bond acceptors (Lipinski definition) is 4. The maximum atomic E-state index is 12.8. The highest BCUT2D eigenvalue weighted by Gasteiger charge is 2.60. The summed E-state index contributed by atoms with van der Waals surface area (Å²) in [4.78, 5) is 14.9. The van der Waals surface area contributed by atoms with Crippen LogP contribution in [0.25, 0.3) is 0 Å². The summed E-state index contributed by atoms with van der Waals surface area (Å²) in [7, 11) is 0. The molecule has 2 saturated heterocycles. The Morgan fingerprint density at radius 1 is 1.50 bits per heavy atom. The molecule has 108 valence electrons.